The maximum atomic E-state index is 6.48. The summed E-state index contributed by atoms with van der Waals surface area (Å²) in [6, 6.07) is 12.5. The van der Waals surface area contributed by atoms with Gasteiger partial charge < -0.3 is 19.8 Å². The molecule has 0 radical (unpaired) electrons. The smallest absolute Gasteiger partial charge is 0.161 e. The Balaban J connectivity index is 1.62. The van der Waals surface area contributed by atoms with Crippen LogP contribution in [0, 0.1) is 0 Å². The van der Waals surface area contributed by atoms with Gasteiger partial charge in [0.25, 0.3) is 0 Å². The van der Waals surface area contributed by atoms with E-state index in [1.54, 1.807) is 7.11 Å². The van der Waals surface area contributed by atoms with Crippen LogP contribution in [0.5, 0.6) is 11.5 Å². The third kappa shape index (κ3) is 3.32. The molecule has 25 heavy (non-hydrogen) atoms. The summed E-state index contributed by atoms with van der Waals surface area (Å²) in [5.74, 6) is 1.49. The largest absolute Gasteiger partial charge is 0.493 e. The monoisotopic (exact) mass is 356 g/mol. The highest BCUT2D eigenvalue weighted by atomic mass is 35.5. The van der Waals surface area contributed by atoms with Gasteiger partial charge in [-0.3, -0.25) is 0 Å². The molecule has 5 heteroatoms. The van der Waals surface area contributed by atoms with E-state index in [2.05, 4.69) is 16.4 Å². The molecule has 0 bridgehead atoms. The lowest BCUT2D eigenvalue weighted by Gasteiger charge is -2.16. The van der Waals surface area contributed by atoms with Gasteiger partial charge in [0.15, 0.2) is 11.5 Å². The summed E-state index contributed by atoms with van der Waals surface area (Å²) in [6.07, 6.45) is 4.29. The lowest BCUT2D eigenvalue weighted by Crippen LogP contribution is -2.28. The van der Waals surface area contributed by atoms with Gasteiger partial charge in [0.1, 0.15) is 6.61 Å². The van der Waals surface area contributed by atoms with Crippen LogP contribution in [0.2, 0.25) is 5.02 Å². The van der Waals surface area contributed by atoms with Gasteiger partial charge in [-0.1, -0.05) is 17.7 Å². The van der Waals surface area contributed by atoms with Crippen LogP contribution in [-0.2, 0) is 0 Å². The number of fused-ring (bicyclic) bond motifs is 1. The molecule has 1 atom stereocenters. The predicted molar refractivity (Wildman–Crippen MR) is 102 cm³/mol. The van der Waals surface area contributed by atoms with E-state index in [0.29, 0.717) is 17.7 Å². The number of aromatic amines is 1. The minimum Gasteiger partial charge on any atom is -0.493 e. The van der Waals surface area contributed by atoms with Gasteiger partial charge in [0, 0.05) is 28.7 Å². The molecular formula is C20H21ClN2O2. The number of halogens is 1. The second-order valence-electron chi connectivity index (χ2n) is 6.37. The van der Waals surface area contributed by atoms with E-state index < -0.39 is 0 Å². The van der Waals surface area contributed by atoms with E-state index in [1.165, 1.54) is 6.42 Å². The van der Waals surface area contributed by atoms with Crippen molar-refractivity contribution in [3.05, 3.63) is 47.6 Å². The summed E-state index contributed by atoms with van der Waals surface area (Å²) in [4.78, 5) is 3.18. The molecule has 3 aromatic rings. The van der Waals surface area contributed by atoms with Gasteiger partial charge in [0.2, 0.25) is 0 Å². The molecule has 4 rings (SSSR count). The molecule has 1 aromatic heterocycles. The second-order valence-corrected chi connectivity index (χ2v) is 6.77. The number of aromatic nitrogens is 1. The Kier molecular flexibility index (Phi) is 4.55. The van der Waals surface area contributed by atoms with Gasteiger partial charge >= 0.3 is 0 Å². The van der Waals surface area contributed by atoms with Crippen LogP contribution < -0.4 is 14.8 Å². The molecule has 1 aliphatic heterocycles. The molecule has 2 N–H and O–H groups in total. The molecule has 4 nitrogen and oxygen atoms in total. The van der Waals surface area contributed by atoms with Crippen molar-refractivity contribution in [2.24, 2.45) is 0 Å². The number of hydrogen-bond donors (Lipinski definition) is 2. The highest BCUT2D eigenvalue weighted by Gasteiger charge is 2.16. The van der Waals surface area contributed by atoms with E-state index in [0.717, 1.165) is 46.5 Å². The van der Waals surface area contributed by atoms with Gasteiger partial charge in [-0.05, 0) is 55.3 Å². The molecule has 0 aliphatic carbocycles. The Labute approximate surface area is 152 Å². The summed E-state index contributed by atoms with van der Waals surface area (Å²) < 4.78 is 11.5. The predicted octanol–water partition coefficient (Wildman–Crippen LogP) is 4.63. The molecular weight excluding hydrogens is 336 g/mol. The SMILES string of the molecule is COc1cc(-c2cc3cc[nH]c3cc2Cl)ccc1OC[C@@H]1CCCN1. The standard InChI is InChI=1S/C20H21ClN2O2/c1-24-20-10-13(4-5-19(20)25-12-15-3-2-7-22-15)16-9-14-6-8-23-18(14)11-17(16)21/h4-6,8-11,15,22-23H,2-3,7,12H2,1H3/t15-/m0/s1. The first-order valence-corrected chi connectivity index (χ1v) is 8.93. The molecule has 1 aliphatic rings. The fourth-order valence-corrected chi connectivity index (χ4v) is 3.61. The number of nitrogens with one attached hydrogen (secondary N) is 2. The Morgan fingerprint density at radius 3 is 2.88 bits per heavy atom. The number of hydrogen-bond acceptors (Lipinski definition) is 3. The highest BCUT2D eigenvalue weighted by molar-refractivity contribution is 6.34. The van der Waals surface area contributed by atoms with Crippen molar-refractivity contribution in [1.82, 2.24) is 10.3 Å². The van der Waals surface area contributed by atoms with Crippen molar-refractivity contribution in [3.8, 4) is 22.6 Å². The summed E-state index contributed by atoms with van der Waals surface area (Å²) in [5, 5.41) is 5.28. The van der Waals surface area contributed by atoms with Crippen molar-refractivity contribution < 1.29 is 9.47 Å². The maximum Gasteiger partial charge on any atom is 0.161 e. The van der Waals surface area contributed by atoms with Crippen LogP contribution in [-0.4, -0.2) is 31.3 Å². The van der Waals surface area contributed by atoms with Crippen molar-refractivity contribution in [1.29, 1.82) is 0 Å². The van der Waals surface area contributed by atoms with Crippen molar-refractivity contribution >= 4 is 22.5 Å². The first kappa shape index (κ1) is 16.3. The normalized spacial score (nSPS) is 17.1. The molecule has 1 fully saturated rings. The number of H-pyrrole nitrogens is 1. The van der Waals surface area contributed by atoms with Crippen molar-refractivity contribution in [2.75, 3.05) is 20.3 Å². The molecule has 130 valence electrons. The fraction of sp³-hybridized carbons (Fsp3) is 0.300. The van der Waals surface area contributed by atoms with Crippen LogP contribution in [0.25, 0.3) is 22.0 Å². The number of benzene rings is 2. The number of ether oxygens (including phenoxy) is 2. The van der Waals surface area contributed by atoms with E-state index in [1.807, 2.05) is 36.5 Å². The molecule has 2 heterocycles. The van der Waals surface area contributed by atoms with Crippen LogP contribution >= 0.6 is 11.6 Å². The zero-order valence-corrected chi connectivity index (χ0v) is 14.9. The fourth-order valence-electron chi connectivity index (χ4n) is 3.34. The Morgan fingerprint density at radius 2 is 2.08 bits per heavy atom. The maximum absolute atomic E-state index is 6.48. The average Bonchev–Trinajstić information content (AvgIpc) is 3.30. The molecule has 0 spiro atoms. The second kappa shape index (κ2) is 6.98. The van der Waals surface area contributed by atoms with Crippen LogP contribution in [0.3, 0.4) is 0 Å². The van der Waals surface area contributed by atoms with Gasteiger partial charge in [-0.25, -0.2) is 0 Å². The van der Waals surface area contributed by atoms with E-state index >= 15 is 0 Å². The van der Waals surface area contributed by atoms with E-state index in [9.17, 15) is 0 Å². The lowest BCUT2D eigenvalue weighted by molar-refractivity contribution is 0.262. The lowest BCUT2D eigenvalue weighted by atomic mass is 10.0. The molecule has 0 saturated carbocycles. The molecule has 1 saturated heterocycles. The van der Waals surface area contributed by atoms with Crippen LogP contribution in [0.1, 0.15) is 12.8 Å². The Hall–Kier alpha value is -2.17. The molecule has 2 aromatic carbocycles. The van der Waals surface area contributed by atoms with Crippen molar-refractivity contribution in [2.45, 2.75) is 18.9 Å². The number of methoxy groups -OCH3 is 1. The zero-order valence-electron chi connectivity index (χ0n) is 14.1. The minimum absolute atomic E-state index is 0.426. The van der Waals surface area contributed by atoms with Crippen LogP contribution in [0.4, 0.5) is 0 Å². The zero-order chi connectivity index (χ0) is 17.2. The summed E-state index contributed by atoms with van der Waals surface area (Å²) >= 11 is 6.48. The summed E-state index contributed by atoms with van der Waals surface area (Å²) in [6.45, 7) is 1.73. The van der Waals surface area contributed by atoms with E-state index in [-0.39, 0.29) is 0 Å². The van der Waals surface area contributed by atoms with Gasteiger partial charge in [0.05, 0.1) is 12.1 Å². The highest BCUT2D eigenvalue weighted by Crippen LogP contribution is 2.37. The summed E-state index contributed by atoms with van der Waals surface area (Å²) in [7, 11) is 1.66. The third-order valence-electron chi connectivity index (χ3n) is 4.72. The summed E-state index contributed by atoms with van der Waals surface area (Å²) in [5.41, 5.74) is 3.03. The van der Waals surface area contributed by atoms with E-state index in [4.69, 9.17) is 21.1 Å². The quantitative estimate of drug-likeness (QED) is 0.700. The minimum atomic E-state index is 0.426. The van der Waals surface area contributed by atoms with Gasteiger partial charge in [-0.2, -0.15) is 0 Å². The molecule has 0 unspecified atom stereocenters. The Morgan fingerprint density at radius 1 is 1.16 bits per heavy atom. The van der Waals surface area contributed by atoms with Crippen molar-refractivity contribution in [3.63, 3.8) is 0 Å². The van der Waals surface area contributed by atoms with Crippen LogP contribution in [0.15, 0.2) is 42.6 Å². The Bertz CT molecular complexity index is 885. The third-order valence-corrected chi connectivity index (χ3v) is 5.03. The first-order valence-electron chi connectivity index (χ1n) is 8.56. The topological polar surface area (TPSA) is 46.3 Å². The van der Waals surface area contributed by atoms with Gasteiger partial charge in [-0.15, -0.1) is 0 Å². The number of rotatable bonds is 5. The first-order chi connectivity index (χ1) is 12.2. The average molecular weight is 357 g/mol. The molecule has 0 amide bonds.